The number of hydrogen-bond acceptors (Lipinski definition) is 8. The van der Waals surface area contributed by atoms with E-state index in [0.29, 0.717) is 24.5 Å². The molecule has 2 aliphatic rings. The molecular formula is C14H18N6O2. The fourth-order valence-electron chi connectivity index (χ4n) is 2.85. The predicted molar refractivity (Wildman–Crippen MR) is 77.4 cm³/mol. The number of anilines is 1. The summed E-state index contributed by atoms with van der Waals surface area (Å²) in [7, 11) is 0. The van der Waals surface area contributed by atoms with E-state index in [0.717, 1.165) is 32.6 Å². The SMILES string of the molecule is N#Cc1cnc(CN2CCN(C3CCOC3=O)CC2)nc1N. The molecule has 1 aromatic heterocycles. The number of hydrogen-bond donors (Lipinski definition) is 1. The van der Waals surface area contributed by atoms with E-state index >= 15 is 0 Å². The number of aromatic nitrogens is 2. The van der Waals surface area contributed by atoms with E-state index in [9.17, 15) is 4.79 Å². The van der Waals surface area contributed by atoms with Gasteiger partial charge in [0.05, 0.1) is 19.3 Å². The third-order valence-electron chi connectivity index (χ3n) is 4.11. The van der Waals surface area contributed by atoms with Crippen LogP contribution in [0.25, 0.3) is 0 Å². The number of carbonyl (C=O) groups excluding carboxylic acids is 1. The van der Waals surface area contributed by atoms with Gasteiger partial charge in [-0.3, -0.25) is 14.6 Å². The second-order valence-corrected chi connectivity index (χ2v) is 5.48. The molecular weight excluding hydrogens is 284 g/mol. The van der Waals surface area contributed by atoms with Crippen LogP contribution in [0.5, 0.6) is 0 Å². The van der Waals surface area contributed by atoms with Crippen LogP contribution in [0, 0.1) is 11.3 Å². The highest BCUT2D eigenvalue weighted by Gasteiger charge is 2.34. The zero-order chi connectivity index (χ0) is 15.5. The fraction of sp³-hybridized carbons (Fsp3) is 0.571. The quantitative estimate of drug-likeness (QED) is 0.735. The van der Waals surface area contributed by atoms with Crippen molar-refractivity contribution in [2.24, 2.45) is 0 Å². The van der Waals surface area contributed by atoms with Gasteiger partial charge in [-0.1, -0.05) is 0 Å². The lowest BCUT2D eigenvalue weighted by Gasteiger charge is -2.36. The Balaban J connectivity index is 1.55. The van der Waals surface area contributed by atoms with Crippen LogP contribution in [0.3, 0.4) is 0 Å². The van der Waals surface area contributed by atoms with Gasteiger partial charge < -0.3 is 10.5 Å². The average molecular weight is 302 g/mol. The largest absolute Gasteiger partial charge is 0.464 e. The van der Waals surface area contributed by atoms with E-state index in [1.54, 1.807) is 0 Å². The Morgan fingerprint density at radius 2 is 2.18 bits per heavy atom. The van der Waals surface area contributed by atoms with E-state index in [4.69, 9.17) is 15.7 Å². The van der Waals surface area contributed by atoms with E-state index in [-0.39, 0.29) is 17.8 Å². The molecule has 2 aliphatic heterocycles. The Morgan fingerprint density at radius 3 is 2.77 bits per heavy atom. The normalized spacial score (nSPS) is 23.2. The Morgan fingerprint density at radius 1 is 1.41 bits per heavy atom. The van der Waals surface area contributed by atoms with Crippen molar-refractivity contribution in [1.82, 2.24) is 19.8 Å². The van der Waals surface area contributed by atoms with Crippen molar-refractivity contribution < 1.29 is 9.53 Å². The van der Waals surface area contributed by atoms with Gasteiger partial charge in [-0.05, 0) is 0 Å². The molecule has 0 amide bonds. The van der Waals surface area contributed by atoms with Gasteiger partial charge in [0.15, 0.2) is 0 Å². The Bertz CT molecular complexity index is 606. The van der Waals surface area contributed by atoms with Crippen LogP contribution in [0.15, 0.2) is 6.20 Å². The first-order valence-corrected chi connectivity index (χ1v) is 7.32. The van der Waals surface area contributed by atoms with Gasteiger partial charge in [-0.25, -0.2) is 9.97 Å². The molecule has 0 radical (unpaired) electrons. The third-order valence-corrected chi connectivity index (χ3v) is 4.11. The molecule has 22 heavy (non-hydrogen) atoms. The number of nitrogens with two attached hydrogens (primary N) is 1. The van der Waals surface area contributed by atoms with Crippen molar-refractivity contribution >= 4 is 11.8 Å². The van der Waals surface area contributed by atoms with Gasteiger partial charge in [-0.15, -0.1) is 0 Å². The van der Waals surface area contributed by atoms with E-state index in [1.807, 2.05) is 6.07 Å². The first-order chi connectivity index (χ1) is 10.7. The van der Waals surface area contributed by atoms with Crippen LogP contribution in [0.1, 0.15) is 17.8 Å². The topological polar surface area (TPSA) is 108 Å². The highest BCUT2D eigenvalue weighted by molar-refractivity contribution is 5.77. The first kappa shape index (κ1) is 14.7. The summed E-state index contributed by atoms with van der Waals surface area (Å²) < 4.78 is 5.02. The standard InChI is InChI=1S/C14H18N6O2/c15-7-10-8-17-12(18-13(10)16)9-19-2-4-20(5-3-19)11-1-6-22-14(11)21/h8,11H,1-6,9H2,(H2,16,17,18). The second kappa shape index (κ2) is 6.25. The van der Waals surface area contributed by atoms with E-state index < -0.39 is 0 Å². The maximum absolute atomic E-state index is 11.6. The number of esters is 1. The number of piperazine rings is 1. The summed E-state index contributed by atoms with van der Waals surface area (Å²) in [4.78, 5) is 24.3. The minimum atomic E-state index is -0.100. The van der Waals surface area contributed by atoms with Crippen LogP contribution < -0.4 is 5.73 Å². The first-order valence-electron chi connectivity index (χ1n) is 7.32. The fourth-order valence-corrected chi connectivity index (χ4v) is 2.85. The van der Waals surface area contributed by atoms with Crippen LogP contribution in [0.4, 0.5) is 5.82 Å². The summed E-state index contributed by atoms with van der Waals surface area (Å²) in [5, 5.41) is 8.82. The molecule has 2 N–H and O–H groups in total. The molecule has 3 heterocycles. The average Bonchev–Trinajstić information content (AvgIpc) is 2.94. The lowest BCUT2D eigenvalue weighted by molar-refractivity contribution is -0.142. The van der Waals surface area contributed by atoms with Gasteiger partial charge in [0.1, 0.15) is 29.3 Å². The summed E-state index contributed by atoms with van der Waals surface area (Å²) in [6.45, 7) is 4.46. The number of rotatable bonds is 3. The van der Waals surface area contributed by atoms with Crippen LogP contribution in [-0.2, 0) is 16.1 Å². The minimum absolute atomic E-state index is 0.0797. The molecule has 2 saturated heterocycles. The molecule has 0 aromatic carbocycles. The molecule has 3 rings (SSSR count). The molecule has 1 aromatic rings. The molecule has 8 heteroatoms. The lowest BCUT2D eigenvalue weighted by atomic mass is 10.2. The molecule has 116 valence electrons. The van der Waals surface area contributed by atoms with Crippen LogP contribution in [-0.4, -0.2) is 64.6 Å². The second-order valence-electron chi connectivity index (χ2n) is 5.48. The Labute approximate surface area is 128 Å². The summed E-state index contributed by atoms with van der Waals surface area (Å²) in [6, 6.07) is 1.87. The Hall–Kier alpha value is -2.24. The number of carbonyl (C=O) groups is 1. The van der Waals surface area contributed by atoms with Gasteiger partial charge >= 0.3 is 5.97 Å². The molecule has 0 aliphatic carbocycles. The summed E-state index contributed by atoms with van der Waals surface area (Å²) in [5.74, 6) is 0.738. The number of cyclic esters (lactones) is 1. The van der Waals surface area contributed by atoms with Crippen LogP contribution in [0.2, 0.25) is 0 Å². The van der Waals surface area contributed by atoms with Crippen molar-refractivity contribution in [3.63, 3.8) is 0 Å². The molecule has 8 nitrogen and oxygen atoms in total. The molecule has 0 spiro atoms. The summed E-state index contributed by atoms with van der Waals surface area (Å²) in [6.07, 6.45) is 2.25. The van der Waals surface area contributed by atoms with Gasteiger partial charge in [-0.2, -0.15) is 5.26 Å². The van der Waals surface area contributed by atoms with Gasteiger partial charge in [0.25, 0.3) is 0 Å². The summed E-state index contributed by atoms with van der Waals surface area (Å²) in [5.41, 5.74) is 6.00. The zero-order valence-corrected chi connectivity index (χ0v) is 12.2. The lowest BCUT2D eigenvalue weighted by Crippen LogP contribution is -2.51. The van der Waals surface area contributed by atoms with E-state index in [1.165, 1.54) is 6.20 Å². The number of nitriles is 1. The van der Waals surface area contributed by atoms with E-state index in [2.05, 4.69) is 19.8 Å². The monoisotopic (exact) mass is 302 g/mol. The predicted octanol–water partition coefficient (Wildman–Crippen LogP) is -0.636. The van der Waals surface area contributed by atoms with Crippen molar-refractivity contribution in [3.05, 3.63) is 17.6 Å². The number of ether oxygens (including phenoxy) is 1. The van der Waals surface area contributed by atoms with Crippen molar-refractivity contribution in [1.29, 1.82) is 5.26 Å². The summed E-state index contributed by atoms with van der Waals surface area (Å²) >= 11 is 0. The van der Waals surface area contributed by atoms with Crippen molar-refractivity contribution in [2.75, 3.05) is 38.5 Å². The smallest absolute Gasteiger partial charge is 0.323 e. The number of nitrogen functional groups attached to an aromatic ring is 1. The van der Waals surface area contributed by atoms with Gasteiger partial charge in [0.2, 0.25) is 0 Å². The molecule has 0 bridgehead atoms. The van der Waals surface area contributed by atoms with Crippen molar-refractivity contribution in [2.45, 2.75) is 19.0 Å². The minimum Gasteiger partial charge on any atom is -0.464 e. The maximum atomic E-state index is 11.6. The highest BCUT2D eigenvalue weighted by Crippen LogP contribution is 2.17. The molecule has 1 unspecified atom stereocenters. The van der Waals surface area contributed by atoms with Crippen molar-refractivity contribution in [3.8, 4) is 6.07 Å². The maximum Gasteiger partial charge on any atom is 0.323 e. The third kappa shape index (κ3) is 3.00. The van der Waals surface area contributed by atoms with Gasteiger partial charge in [0, 0.05) is 32.6 Å². The molecule has 0 saturated carbocycles. The van der Waals surface area contributed by atoms with Crippen LogP contribution >= 0.6 is 0 Å². The molecule has 1 atom stereocenters. The molecule has 2 fully saturated rings. The highest BCUT2D eigenvalue weighted by atomic mass is 16.5. The Kier molecular flexibility index (Phi) is 4.18. The number of nitrogens with zero attached hydrogens (tertiary/aromatic N) is 5. The zero-order valence-electron chi connectivity index (χ0n) is 12.2.